The van der Waals surface area contributed by atoms with Gasteiger partial charge in [-0.15, -0.1) is 0 Å². The highest BCUT2D eigenvalue weighted by atomic mass is 19.1. The molecule has 2 N–H and O–H groups in total. The van der Waals surface area contributed by atoms with Crippen molar-refractivity contribution in [2.45, 2.75) is 19.0 Å². The molecule has 3 nitrogen and oxygen atoms in total. The Morgan fingerprint density at radius 1 is 1.50 bits per heavy atom. The van der Waals surface area contributed by atoms with Crippen molar-refractivity contribution in [2.24, 2.45) is 0 Å². The van der Waals surface area contributed by atoms with Gasteiger partial charge in [0.1, 0.15) is 5.82 Å². The molecule has 0 radical (unpaired) electrons. The van der Waals surface area contributed by atoms with Crippen LogP contribution in [0.25, 0.3) is 0 Å². The van der Waals surface area contributed by atoms with Crippen LogP contribution in [0.4, 0.5) is 4.39 Å². The first-order chi connectivity index (χ1) is 7.67. The summed E-state index contributed by atoms with van der Waals surface area (Å²) in [6.07, 6.45) is 0. The molecule has 1 aromatic carbocycles. The number of benzene rings is 1. The number of methoxy groups -OCH3 is 1. The zero-order valence-electron chi connectivity index (χ0n) is 9.61. The minimum atomic E-state index is -0.251. The Morgan fingerprint density at radius 3 is 2.81 bits per heavy atom. The summed E-state index contributed by atoms with van der Waals surface area (Å²) in [5.74, 6) is -0.251. The van der Waals surface area contributed by atoms with E-state index >= 15 is 0 Å². The van der Waals surface area contributed by atoms with Crippen molar-refractivity contribution < 1.29 is 14.2 Å². The molecule has 2 unspecified atom stereocenters. The summed E-state index contributed by atoms with van der Waals surface area (Å²) in [6.45, 7) is 2.34. The minimum Gasteiger partial charge on any atom is -0.395 e. The molecule has 90 valence electrons. The van der Waals surface area contributed by atoms with E-state index in [-0.39, 0.29) is 24.5 Å². The molecule has 0 heterocycles. The zero-order valence-corrected chi connectivity index (χ0v) is 9.61. The Morgan fingerprint density at radius 2 is 2.25 bits per heavy atom. The Kier molecular flexibility index (Phi) is 5.38. The van der Waals surface area contributed by atoms with Gasteiger partial charge in [-0.3, -0.25) is 0 Å². The second kappa shape index (κ2) is 6.58. The van der Waals surface area contributed by atoms with Gasteiger partial charge in [-0.2, -0.15) is 0 Å². The monoisotopic (exact) mass is 227 g/mol. The van der Waals surface area contributed by atoms with Gasteiger partial charge < -0.3 is 15.2 Å². The van der Waals surface area contributed by atoms with E-state index < -0.39 is 0 Å². The molecular formula is C12H18FNO2. The molecule has 4 heteroatoms. The van der Waals surface area contributed by atoms with Gasteiger partial charge in [-0.25, -0.2) is 4.39 Å². The number of aliphatic hydroxyl groups excluding tert-OH is 1. The summed E-state index contributed by atoms with van der Waals surface area (Å²) in [5, 5.41) is 12.3. The fraction of sp³-hybridized carbons (Fsp3) is 0.500. The van der Waals surface area contributed by atoms with Crippen molar-refractivity contribution >= 4 is 0 Å². The summed E-state index contributed by atoms with van der Waals surface area (Å²) in [6, 6.07) is 6.26. The van der Waals surface area contributed by atoms with Crippen LogP contribution in [0.5, 0.6) is 0 Å². The van der Waals surface area contributed by atoms with E-state index in [4.69, 9.17) is 9.84 Å². The lowest BCUT2D eigenvalue weighted by Crippen LogP contribution is -2.38. The standard InChI is InChI=1S/C12H18FNO2/c1-9(14-12(7-15)8-16-2)10-4-3-5-11(13)6-10/h3-6,9,12,14-15H,7-8H2,1-2H3. The van der Waals surface area contributed by atoms with E-state index in [0.717, 1.165) is 5.56 Å². The van der Waals surface area contributed by atoms with Crippen molar-refractivity contribution in [3.8, 4) is 0 Å². The first-order valence-corrected chi connectivity index (χ1v) is 5.28. The predicted molar refractivity (Wildman–Crippen MR) is 60.7 cm³/mol. The van der Waals surface area contributed by atoms with Crippen molar-refractivity contribution in [2.75, 3.05) is 20.3 Å². The third-order valence-electron chi connectivity index (χ3n) is 2.42. The third-order valence-corrected chi connectivity index (χ3v) is 2.42. The number of halogens is 1. The Labute approximate surface area is 95.2 Å². The number of aliphatic hydroxyl groups is 1. The lowest BCUT2D eigenvalue weighted by atomic mass is 10.1. The topological polar surface area (TPSA) is 41.5 Å². The fourth-order valence-electron chi connectivity index (χ4n) is 1.58. The molecule has 0 saturated carbocycles. The van der Waals surface area contributed by atoms with Crippen LogP contribution in [0.15, 0.2) is 24.3 Å². The third kappa shape index (κ3) is 3.89. The van der Waals surface area contributed by atoms with Gasteiger partial charge >= 0.3 is 0 Å². The maximum absolute atomic E-state index is 13.0. The quantitative estimate of drug-likeness (QED) is 0.773. The summed E-state index contributed by atoms with van der Waals surface area (Å²) in [4.78, 5) is 0. The van der Waals surface area contributed by atoms with Crippen LogP contribution in [-0.4, -0.2) is 31.5 Å². The fourth-order valence-corrected chi connectivity index (χ4v) is 1.58. The molecule has 0 bridgehead atoms. The van der Waals surface area contributed by atoms with Crippen molar-refractivity contribution in [1.29, 1.82) is 0 Å². The molecule has 0 spiro atoms. The maximum Gasteiger partial charge on any atom is 0.123 e. The molecule has 1 aromatic rings. The van der Waals surface area contributed by atoms with Gasteiger partial charge in [0.05, 0.1) is 19.3 Å². The summed E-state index contributed by atoms with van der Waals surface area (Å²) in [7, 11) is 1.58. The minimum absolute atomic E-state index is 0.00645. The molecule has 0 aromatic heterocycles. The molecule has 2 atom stereocenters. The first kappa shape index (κ1) is 13.1. The van der Waals surface area contributed by atoms with Gasteiger partial charge in [0.15, 0.2) is 0 Å². The van der Waals surface area contributed by atoms with E-state index in [9.17, 15) is 4.39 Å². The van der Waals surface area contributed by atoms with Crippen LogP contribution >= 0.6 is 0 Å². The van der Waals surface area contributed by atoms with Gasteiger partial charge in [0.25, 0.3) is 0 Å². The average molecular weight is 227 g/mol. The smallest absolute Gasteiger partial charge is 0.123 e. The second-order valence-electron chi connectivity index (χ2n) is 3.78. The number of hydrogen-bond donors (Lipinski definition) is 2. The Balaban J connectivity index is 2.60. The molecule has 1 rings (SSSR count). The zero-order chi connectivity index (χ0) is 12.0. The van der Waals surface area contributed by atoms with Gasteiger partial charge in [-0.1, -0.05) is 12.1 Å². The van der Waals surface area contributed by atoms with E-state index in [1.54, 1.807) is 13.2 Å². The Bertz CT molecular complexity index is 320. The predicted octanol–water partition coefficient (Wildman–Crippen LogP) is 1.48. The molecular weight excluding hydrogens is 209 g/mol. The van der Waals surface area contributed by atoms with Crippen molar-refractivity contribution in [3.63, 3.8) is 0 Å². The normalized spacial score (nSPS) is 14.8. The number of hydrogen-bond acceptors (Lipinski definition) is 3. The Hall–Kier alpha value is -0.970. The lowest BCUT2D eigenvalue weighted by molar-refractivity contribution is 0.123. The van der Waals surface area contributed by atoms with Crippen LogP contribution in [0.3, 0.4) is 0 Å². The van der Waals surface area contributed by atoms with Gasteiger partial charge in [0, 0.05) is 13.2 Å². The summed E-state index contributed by atoms with van der Waals surface area (Å²) < 4.78 is 18.0. The van der Waals surface area contributed by atoms with Crippen molar-refractivity contribution in [3.05, 3.63) is 35.6 Å². The maximum atomic E-state index is 13.0. The summed E-state index contributed by atoms with van der Waals surface area (Å²) >= 11 is 0. The van der Waals surface area contributed by atoms with Crippen LogP contribution in [-0.2, 0) is 4.74 Å². The lowest BCUT2D eigenvalue weighted by Gasteiger charge is -2.21. The SMILES string of the molecule is COCC(CO)NC(C)c1cccc(F)c1. The highest BCUT2D eigenvalue weighted by molar-refractivity contribution is 5.19. The average Bonchev–Trinajstić information content (AvgIpc) is 2.28. The van der Waals surface area contributed by atoms with E-state index in [1.807, 2.05) is 13.0 Å². The highest BCUT2D eigenvalue weighted by Gasteiger charge is 2.12. The molecule has 0 aliphatic carbocycles. The molecule has 0 aliphatic heterocycles. The van der Waals surface area contributed by atoms with Crippen LogP contribution in [0, 0.1) is 5.82 Å². The molecule has 16 heavy (non-hydrogen) atoms. The number of ether oxygens (including phenoxy) is 1. The van der Waals surface area contributed by atoms with E-state index in [0.29, 0.717) is 6.61 Å². The second-order valence-corrected chi connectivity index (χ2v) is 3.78. The highest BCUT2D eigenvalue weighted by Crippen LogP contribution is 2.14. The van der Waals surface area contributed by atoms with Crippen LogP contribution in [0.2, 0.25) is 0 Å². The first-order valence-electron chi connectivity index (χ1n) is 5.28. The largest absolute Gasteiger partial charge is 0.395 e. The van der Waals surface area contributed by atoms with Crippen LogP contribution < -0.4 is 5.32 Å². The summed E-state index contributed by atoms with van der Waals surface area (Å²) in [5.41, 5.74) is 0.856. The van der Waals surface area contributed by atoms with E-state index in [2.05, 4.69) is 5.32 Å². The molecule has 0 fully saturated rings. The van der Waals surface area contributed by atoms with Gasteiger partial charge in [0.2, 0.25) is 0 Å². The molecule has 0 amide bonds. The number of rotatable bonds is 6. The van der Waals surface area contributed by atoms with Crippen molar-refractivity contribution in [1.82, 2.24) is 5.32 Å². The van der Waals surface area contributed by atoms with Crippen LogP contribution in [0.1, 0.15) is 18.5 Å². The molecule has 0 saturated heterocycles. The number of nitrogens with one attached hydrogen (secondary N) is 1. The van der Waals surface area contributed by atoms with E-state index in [1.165, 1.54) is 12.1 Å². The van der Waals surface area contributed by atoms with Gasteiger partial charge in [-0.05, 0) is 24.6 Å². The molecule has 0 aliphatic rings.